The molecule has 170 valence electrons. The molecule has 0 saturated carbocycles. The minimum Gasteiger partial charge on any atom is -0.493 e. The van der Waals surface area contributed by atoms with Crippen LogP contribution < -0.4 is 20.2 Å². The van der Waals surface area contributed by atoms with E-state index in [1.54, 1.807) is 42.5 Å². The van der Waals surface area contributed by atoms with Crippen LogP contribution in [0.5, 0.6) is 11.5 Å². The van der Waals surface area contributed by atoms with E-state index in [-0.39, 0.29) is 6.61 Å². The summed E-state index contributed by atoms with van der Waals surface area (Å²) in [4.78, 5) is 24.2. The fraction of sp³-hybridized carbons (Fsp3) is 0.125. The zero-order chi connectivity index (χ0) is 23.8. The van der Waals surface area contributed by atoms with Crippen molar-refractivity contribution in [3.05, 3.63) is 87.4 Å². The van der Waals surface area contributed by atoms with Crippen molar-refractivity contribution in [3.8, 4) is 11.5 Å². The normalized spacial score (nSPS) is 10.7. The third-order valence-corrected chi connectivity index (χ3v) is 5.34. The Morgan fingerprint density at radius 3 is 2.52 bits per heavy atom. The predicted octanol–water partition coefficient (Wildman–Crippen LogP) is 4.98. The Kier molecular flexibility index (Phi) is 8.29. The number of ether oxygens (including phenoxy) is 2. The molecule has 2 N–H and O–H groups in total. The smallest absolute Gasteiger partial charge is 0.329 e. The number of rotatable bonds is 7. The lowest BCUT2D eigenvalue weighted by Crippen LogP contribution is -2.32. The van der Waals surface area contributed by atoms with Gasteiger partial charge in [-0.05, 0) is 42.8 Å². The lowest BCUT2D eigenvalue weighted by Gasteiger charge is -2.13. The number of benzene rings is 3. The summed E-state index contributed by atoms with van der Waals surface area (Å²) in [5, 5.41) is 7.40. The summed E-state index contributed by atoms with van der Waals surface area (Å²) in [6.45, 7) is 2.04. The minimum absolute atomic E-state index is 0.203. The molecule has 0 atom stereocenters. The highest BCUT2D eigenvalue weighted by atomic mass is 35.5. The molecule has 0 aromatic heterocycles. The van der Waals surface area contributed by atoms with Crippen molar-refractivity contribution >= 4 is 46.9 Å². The lowest BCUT2D eigenvalue weighted by atomic mass is 10.2. The van der Waals surface area contributed by atoms with Gasteiger partial charge in [0.15, 0.2) is 11.5 Å². The van der Waals surface area contributed by atoms with Crippen LogP contribution in [0.15, 0.2) is 65.8 Å². The number of hydrazone groups is 1. The summed E-state index contributed by atoms with van der Waals surface area (Å²) in [5.41, 5.74) is 4.78. The van der Waals surface area contributed by atoms with Gasteiger partial charge in [0.2, 0.25) is 0 Å². The van der Waals surface area contributed by atoms with Gasteiger partial charge in [-0.3, -0.25) is 9.59 Å². The molecule has 0 spiro atoms. The molecule has 9 heteroatoms. The van der Waals surface area contributed by atoms with E-state index in [0.29, 0.717) is 32.8 Å². The van der Waals surface area contributed by atoms with Crippen LogP contribution in [0.3, 0.4) is 0 Å². The molecule has 7 nitrogen and oxygen atoms in total. The second-order valence-electron chi connectivity index (χ2n) is 6.88. The Labute approximate surface area is 201 Å². The van der Waals surface area contributed by atoms with Crippen molar-refractivity contribution in [1.82, 2.24) is 5.43 Å². The van der Waals surface area contributed by atoms with E-state index in [0.717, 1.165) is 11.1 Å². The predicted molar refractivity (Wildman–Crippen MR) is 129 cm³/mol. The Hall–Kier alpha value is -3.55. The lowest BCUT2D eigenvalue weighted by molar-refractivity contribution is -0.136. The number of hydrogen-bond acceptors (Lipinski definition) is 5. The van der Waals surface area contributed by atoms with Gasteiger partial charge in [-0.1, -0.05) is 53.5 Å². The number of halogens is 2. The number of hydrogen-bond donors (Lipinski definition) is 2. The quantitative estimate of drug-likeness (QED) is 0.280. The van der Waals surface area contributed by atoms with Gasteiger partial charge >= 0.3 is 11.8 Å². The third kappa shape index (κ3) is 6.47. The second-order valence-corrected chi connectivity index (χ2v) is 7.69. The topological polar surface area (TPSA) is 89.0 Å². The van der Waals surface area contributed by atoms with E-state index in [1.165, 1.54) is 13.3 Å². The number of amides is 2. The zero-order valence-corrected chi connectivity index (χ0v) is 19.4. The van der Waals surface area contributed by atoms with Crippen LogP contribution in [0, 0.1) is 6.92 Å². The van der Waals surface area contributed by atoms with E-state index in [2.05, 4.69) is 15.8 Å². The first-order valence-electron chi connectivity index (χ1n) is 9.82. The van der Waals surface area contributed by atoms with Gasteiger partial charge in [-0.15, -0.1) is 0 Å². The maximum Gasteiger partial charge on any atom is 0.329 e. The molecule has 33 heavy (non-hydrogen) atoms. The van der Waals surface area contributed by atoms with Gasteiger partial charge in [0.25, 0.3) is 0 Å². The summed E-state index contributed by atoms with van der Waals surface area (Å²) < 4.78 is 11.3. The highest BCUT2D eigenvalue weighted by Crippen LogP contribution is 2.31. The fourth-order valence-electron chi connectivity index (χ4n) is 2.78. The van der Waals surface area contributed by atoms with Crippen LogP contribution in [0.25, 0.3) is 0 Å². The number of carbonyl (C=O) groups is 2. The summed E-state index contributed by atoms with van der Waals surface area (Å²) in [6, 6.07) is 17.5. The second kappa shape index (κ2) is 11.4. The molecule has 0 heterocycles. The van der Waals surface area contributed by atoms with Crippen molar-refractivity contribution in [3.63, 3.8) is 0 Å². The molecule has 0 radical (unpaired) electrons. The number of methoxy groups -OCH3 is 1. The highest BCUT2D eigenvalue weighted by Gasteiger charge is 2.14. The monoisotopic (exact) mass is 485 g/mol. The van der Waals surface area contributed by atoms with Gasteiger partial charge in [0, 0.05) is 26.9 Å². The first kappa shape index (κ1) is 24.1. The van der Waals surface area contributed by atoms with E-state index < -0.39 is 11.8 Å². The van der Waals surface area contributed by atoms with Crippen LogP contribution in [-0.2, 0) is 16.2 Å². The summed E-state index contributed by atoms with van der Waals surface area (Å²) in [6.07, 6.45) is 1.36. The average molecular weight is 486 g/mol. The molecule has 3 aromatic carbocycles. The molecule has 0 aliphatic heterocycles. The fourth-order valence-corrected chi connectivity index (χ4v) is 3.16. The Bertz CT molecular complexity index is 1200. The van der Waals surface area contributed by atoms with Crippen molar-refractivity contribution < 1.29 is 19.1 Å². The molecule has 0 aliphatic rings. The van der Waals surface area contributed by atoms with Crippen molar-refractivity contribution in [2.45, 2.75) is 13.5 Å². The Morgan fingerprint density at radius 1 is 1.00 bits per heavy atom. The third-order valence-electron chi connectivity index (χ3n) is 4.56. The average Bonchev–Trinajstić information content (AvgIpc) is 2.81. The maximum atomic E-state index is 12.1. The summed E-state index contributed by atoms with van der Waals surface area (Å²) in [7, 11) is 1.52. The van der Waals surface area contributed by atoms with Crippen LogP contribution in [0.4, 0.5) is 5.69 Å². The maximum absolute atomic E-state index is 12.1. The summed E-state index contributed by atoms with van der Waals surface area (Å²) in [5.74, 6) is -0.930. The van der Waals surface area contributed by atoms with Crippen LogP contribution in [0.1, 0.15) is 16.7 Å². The molecule has 0 bridgehead atoms. The Balaban J connectivity index is 1.67. The SMILES string of the molecule is COc1cccc(/C=N\NC(=O)C(=O)Nc2ccc(C)c(Cl)c2)c1OCc1ccccc1Cl. The van der Waals surface area contributed by atoms with Crippen molar-refractivity contribution in [2.24, 2.45) is 5.10 Å². The van der Waals surface area contributed by atoms with Gasteiger partial charge in [0.05, 0.1) is 13.3 Å². The highest BCUT2D eigenvalue weighted by molar-refractivity contribution is 6.40. The molecular weight excluding hydrogens is 465 g/mol. The van der Waals surface area contributed by atoms with Crippen LogP contribution >= 0.6 is 23.2 Å². The van der Waals surface area contributed by atoms with Gasteiger partial charge in [0.1, 0.15) is 6.61 Å². The molecule has 0 unspecified atom stereocenters. The zero-order valence-electron chi connectivity index (χ0n) is 17.9. The molecule has 3 rings (SSSR count). The number of anilines is 1. The van der Waals surface area contributed by atoms with Crippen LogP contribution in [0.2, 0.25) is 10.0 Å². The van der Waals surface area contributed by atoms with E-state index in [9.17, 15) is 9.59 Å². The van der Waals surface area contributed by atoms with Gasteiger partial charge < -0.3 is 14.8 Å². The number of nitrogens with zero attached hydrogens (tertiary/aromatic N) is 1. The number of nitrogens with one attached hydrogen (secondary N) is 2. The molecule has 3 aromatic rings. The van der Waals surface area contributed by atoms with Crippen LogP contribution in [-0.4, -0.2) is 25.1 Å². The molecule has 2 amide bonds. The first-order valence-corrected chi connectivity index (χ1v) is 10.6. The van der Waals surface area contributed by atoms with Crippen molar-refractivity contribution in [1.29, 1.82) is 0 Å². The number of para-hydroxylation sites is 1. The molecule has 0 fully saturated rings. The van der Waals surface area contributed by atoms with E-state index >= 15 is 0 Å². The minimum atomic E-state index is -0.940. The van der Waals surface area contributed by atoms with Gasteiger partial charge in [-0.25, -0.2) is 5.43 Å². The number of aryl methyl sites for hydroxylation is 1. The summed E-state index contributed by atoms with van der Waals surface area (Å²) >= 11 is 12.2. The molecular formula is C24H21Cl2N3O4. The number of carbonyl (C=O) groups excluding carboxylic acids is 2. The Morgan fingerprint density at radius 2 is 1.79 bits per heavy atom. The molecule has 0 aliphatic carbocycles. The first-order chi connectivity index (χ1) is 15.9. The van der Waals surface area contributed by atoms with Crippen molar-refractivity contribution in [2.75, 3.05) is 12.4 Å². The van der Waals surface area contributed by atoms with E-state index in [1.807, 2.05) is 25.1 Å². The largest absolute Gasteiger partial charge is 0.493 e. The van der Waals surface area contributed by atoms with Gasteiger partial charge in [-0.2, -0.15) is 5.10 Å². The standard InChI is InChI=1S/C24H21Cl2N3O4/c1-15-10-11-18(12-20(15)26)28-23(30)24(31)29-27-13-16-7-5-9-21(32-2)22(16)33-14-17-6-3-4-8-19(17)25/h3-13H,14H2,1-2H3,(H,28,30)(H,29,31)/b27-13-. The molecule has 0 saturated heterocycles. The van der Waals surface area contributed by atoms with E-state index in [4.69, 9.17) is 32.7 Å².